The van der Waals surface area contributed by atoms with Crippen LogP contribution in [0.2, 0.25) is 5.02 Å². The van der Waals surface area contributed by atoms with Crippen LogP contribution in [-0.4, -0.2) is 17.0 Å². The second-order valence-electron chi connectivity index (χ2n) is 4.95. The number of rotatable bonds is 4. The zero-order chi connectivity index (χ0) is 15.4. The summed E-state index contributed by atoms with van der Waals surface area (Å²) >= 11 is 5.99. The summed E-state index contributed by atoms with van der Waals surface area (Å²) < 4.78 is 5.61. The Balaban J connectivity index is 2.17. The predicted octanol–water partition coefficient (Wildman–Crippen LogP) is 4.08. The number of ether oxygens (including phenoxy) is 1. The maximum atomic E-state index is 12.2. The van der Waals surface area contributed by atoms with Crippen LogP contribution in [0.5, 0.6) is 5.75 Å². The molecule has 2 aromatic rings. The summed E-state index contributed by atoms with van der Waals surface area (Å²) in [4.78, 5) is 16.1. The first-order chi connectivity index (χ1) is 9.97. The Morgan fingerprint density at radius 2 is 2.10 bits per heavy atom. The summed E-state index contributed by atoms with van der Waals surface area (Å²) in [6.45, 7) is 5.85. The third-order valence-corrected chi connectivity index (χ3v) is 3.16. The van der Waals surface area contributed by atoms with E-state index in [1.807, 2.05) is 39.0 Å². The van der Waals surface area contributed by atoms with Crippen molar-refractivity contribution in [3.63, 3.8) is 0 Å². The third-order valence-electron chi connectivity index (χ3n) is 2.83. The lowest BCUT2D eigenvalue weighted by Gasteiger charge is -2.13. The molecular weight excluding hydrogens is 288 g/mol. The van der Waals surface area contributed by atoms with Gasteiger partial charge in [-0.1, -0.05) is 11.6 Å². The second-order valence-corrected chi connectivity index (χ2v) is 5.36. The average Bonchev–Trinajstić information content (AvgIpc) is 2.41. The van der Waals surface area contributed by atoms with Gasteiger partial charge in [0.05, 0.1) is 16.7 Å². The number of nitrogens with zero attached hydrogens (tertiary/aromatic N) is 1. The van der Waals surface area contributed by atoms with Gasteiger partial charge < -0.3 is 10.1 Å². The van der Waals surface area contributed by atoms with Crippen LogP contribution in [-0.2, 0) is 0 Å². The van der Waals surface area contributed by atoms with Gasteiger partial charge in [0.15, 0.2) is 0 Å². The van der Waals surface area contributed by atoms with Gasteiger partial charge in [-0.2, -0.15) is 0 Å². The number of amides is 1. The molecule has 21 heavy (non-hydrogen) atoms. The van der Waals surface area contributed by atoms with Gasteiger partial charge in [-0.15, -0.1) is 0 Å². The molecule has 0 saturated carbocycles. The minimum absolute atomic E-state index is 0.110. The van der Waals surface area contributed by atoms with Crippen molar-refractivity contribution in [1.82, 2.24) is 4.98 Å². The molecule has 0 atom stereocenters. The van der Waals surface area contributed by atoms with Crippen LogP contribution < -0.4 is 10.1 Å². The minimum Gasteiger partial charge on any atom is -0.491 e. The lowest BCUT2D eigenvalue weighted by atomic mass is 10.1. The predicted molar refractivity (Wildman–Crippen MR) is 84.1 cm³/mol. The average molecular weight is 305 g/mol. The molecule has 4 nitrogen and oxygen atoms in total. The van der Waals surface area contributed by atoms with Crippen molar-refractivity contribution < 1.29 is 9.53 Å². The normalized spacial score (nSPS) is 10.5. The van der Waals surface area contributed by atoms with Gasteiger partial charge in [-0.05, 0) is 50.6 Å². The maximum Gasteiger partial charge on any atom is 0.258 e. The molecule has 0 fully saturated rings. The summed E-state index contributed by atoms with van der Waals surface area (Å²) in [5.74, 6) is 0.494. The van der Waals surface area contributed by atoms with Crippen molar-refractivity contribution in [2.45, 2.75) is 26.9 Å². The molecule has 0 radical (unpaired) electrons. The summed E-state index contributed by atoms with van der Waals surface area (Å²) in [6.07, 6.45) is 3.10. The Labute approximate surface area is 129 Å². The Morgan fingerprint density at radius 3 is 2.71 bits per heavy atom. The van der Waals surface area contributed by atoms with E-state index in [4.69, 9.17) is 16.3 Å². The zero-order valence-corrected chi connectivity index (χ0v) is 12.9. The van der Waals surface area contributed by atoms with E-state index in [1.54, 1.807) is 12.3 Å². The van der Waals surface area contributed by atoms with E-state index >= 15 is 0 Å². The number of carbonyl (C=O) groups is 1. The summed E-state index contributed by atoms with van der Waals surface area (Å²) in [6, 6.07) is 7.12. The standard InChI is InChI=1S/C16H17ClN2O2/c1-10(2)21-12-4-5-15(11(3)8-12)19-16(20)13-9-18-7-6-14(13)17/h4-10H,1-3H3,(H,19,20). The molecular formula is C16H17ClN2O2. The van der Waals surface area contributed by atoms with Gasteiger partial charge in [0.25, 0.3) is 5.91 Å². The van der Waals surface area contributed by atoms with E-state index in [1.165, 1.54) is 6.20 Å². The van der Waals surface area contributed by atoms with Gasteiger partial charge >= 0.3 is 0 Å². The van der Waals surface area contributed by atoms with Crippen LogP contribution in [0.25, 0.3) is 0 Å². The van der Waals surface area contributed by atoms with Crippen molar-refractivity contribution >= 4 is 23.2 Å². The fourth-order valence-electron chi connectivity index (χ4n) is 1.86. The second kappa shape index (κ2) is 6.59. The van der Waals surface area contributed by atoms with Crippen molar-refractivity contribution in [2.24, 2.45) is 0 Å². The van der Waals surface area contributed by atoms with Gasteiger partial charge in [0.2, 0.25) is 0 Å². The number of nitrogens with one attached hydrogen (secondary N) is 1. The van der Waals surface area contributed by atoms with E-state index in [-0.39, 0.29) is 12.0 Å². The molecule has 0 aliphatic carbocycles. The fraction of sp³-hybridized carbons (Fsp3) is 0.250. The van der Waals surface area contributed by atoms with Crippen LogP contribution in [0.1, 0.15) is 29.8 Å². The molecule has 1 aromatic heterocycles. The molecule has 5 heteroatoms. The van der Waals surface area contributed by atoms with E-state index in [0.29, 0.717) is 10.6 Å². The number of anilines is 1. The van der Waals surface area contributed by atoms with E-state index < -0.39 is 0 Å². The molecule has 1 N–H and O–H groups in total. The number of aromatic nitrogens is 1. The molecule has 1 aromatic carbocycles. The molecule has 1 amide bonds. The van der Waals surface area contributed by atoms with Gasteiger partial charge in [0, 0.05) is 18.1 Å². The first-order valence-electron chi connectivity index (χ1n) is 6.65. The number of carbonyl (C=O) groups excluding carboxylic acids is 1. The van der Waals surface area contributed by atoms with Gasteiger partial charge in [0.1, 0.15) is 5.75 Å². The van der Waals surface area contributed by atoms with E-state index in [2.05, 4.69) is 10.3 Å². The Morgan fingerprint density at radius 1 is 1.33 bits per heavy atom. The molecule has 0 aliphatic heterocycles. The summed E-state index contributed by atoms with van der Waals surface area (Å²) in [7, 11) is 0. The SMILES string of the molecule is Cc1cc(OC(C)C)ccc1NC(=O)c1cnccc1Cl. The quantitative estimate of drug-likeness (QED) is 0.926. The summed E-state index contributed by atoms with van der Waals surface area (Å²) in [5, 5.41) is 3.20. The smallest absolute Gasteiger partial charge is 0.258 e. The number of benzene rings is 1. The molecule has 0 saturated heterocycles. The monoisotopic (exact) mass is 304 g/mol. The Bertz CT molecular complexity index is 656. The molecule has 110 valence electrons. The molecule has 0 bridgehead atoms. The van der Waals surface area contributed by atoms with Crippen LogP contribution >= 0.6 is 11.6 Å². The summed E-state index contributed by atoms with van der Waals surface area (Å²) in [5.41, 5.74) is 1.98. The largest absolute Gasteiger partial charge is 0.491 e. The highest BCUT2D eigenvalue weighted by molar-refractivity contribution is 6.34. The molecule has 2 rings (SSSR count). The highest BCUT2D eigenvalue weighted by atomic mass is 35.5. The van der Waals surface area contributed by atoms with Crippen molar-refractivity contribution in [3.05, 3.63) is 52.8 Å². The van der Waals surface area contributed by atoms with Crippen molar-refractivity contribution in [1.29, 1.82) is 0 Å². The van der Waals surface area contributed by atoms with E-state index in [9.17, 15) is 4.79 Å². The molecule has 0 unspecified atom stereocenters. The highest BCUT2D eigenvalue weighted by Gasteiger charge is 2.12. The highest BCUT2D eigenvalue weighted by Crippen LogP contribution is 2.23. The lowest BCUT2D eigenvalue weighted by Crippen LogP contribution is -2.14. The fourth-order valence-corrected chi connectivity index (χ4v) is 2.05. The number of halogens is 1. The van der Waals surface area contributed by atoms with Crippen LogP contribution in [0, 0.1) is 6.92 Å². The number of aryl methyl sites for hydroxylation is 1. The minimum atomic E-state index is -0.284. The lowest BCUT2D eigenvalue weighted by molar-refractivity contribution is 0.102. The van der Waals surface area contributed by atoms with Crippen molar-refractivity contribution in [2.75, 3.05) is 5.32 Å². The molecule has 0 spiro atoms. The van der Waals surface area contributed by atoms with Crippen LogP contribution in [0.15, 0.2) is 36.7 Å². The Kier molecular flexibility index (Phi) is 4.81. The van der Waals surface area contributed by atoms with Crippen LogP contribution in [0.3, 0.4) is 0 Å². The topological polar surface area (TPSA) is 51.2 Å². The first kappa shape index (κ1) is 15.3. The third kappa shape index (κ3) is 3.95. The first-order valence-corrected chi connectivity index (χ1v) is 7.03. The molecule has 1 heterocycles. The van der Waals surface area contributed by atoms with Gasteiger partial charge in [-0.3, -0.25) is 9.78 Å². The molecule has 0 aliphatic rings. The van der Waals surface area contributed by atoms with Gasteiger partial charge in [-0.25, -0.2) is 0 Å². The maximum absolute atomic E-state index is 12.2. The van der Waals surface area contributed by atoms with E-state index in [0.717, 1.165) is 17.0 Å². The Hall–Kier alpha value is -2.07. The number of pyridine rings is 1. The number of hydrogen-bond acceptors (Lipinski definition) is 3. The zero-order valence-electron chi connectivity index (χ0n) is 12.2. The number of hydrogen-bond donors (Lipinski definition) is 1. The van der Waals surface area contributed by atoms with Crippen molar-refractivity contribution in [3.8, 4) is 5.75 Å². The van der Waals surface area contributed by atoms with Crippen LogP contribution in [0.4, 0.5) is 5.69 Å².